The molecule has 0 atom stereocenters. The van der Waals surface area contributed by atoms with Crippen LogP contribution in [0.1, 0.15) is 29.5 Å². The lowest BCUT2D eigenvalue weighted by Crippen LogP contribution is -2.43. The first-order valence-corrected chi connectivity index (χ1v) is 9.77. The Morgan fingerprint density at radius 2 is 1.63 bits per heavy atom. The van der Waals surface area contributed by atoms with E-state index in [0.29, 0.717) is 26.1 Å². The van der Waals surface area contributed by atoms with E-state index in [-0.39, 0.29) is 17.7 Å². The van der Waals surface area contributed by atoms with Gasteiger partial charge in [0.2, 0.25) is 11.8 Å². The molecule has 2 aromatic carbocycles. The Morgan fingerprint density at radius 3 is 2.30 bits per heavy atom. The average Bonchev–Trinajstić information content (AvgIpc) is 2.70. The molecule has 1 heterocycles. The van der Waals surface area contributed by atoms with Crippen LogP contribution in [0.4, 0.5) is 0 Å². The van der Waals surface area contributed by atoms with Crippen molar-refractivity contribution < 1.29 is 9.59 Å². The van der Waals surface area contributed by atoms with Crippen molar-refractivity contribution in [2.24, 2.45) is 5.92 Å². The molecule has 0 saturated carbocycles. The first-order valence-electron chi connectivity index (χ1n) is 9.77. The number of aryl methyl sites for hydroxylation is 1. The number of carbonyl (C=O) groups is 2. The van der Waals surface area contributed by atoms with E-state index in [1.807, 2.05) is 54.3 Å². The molecule has 0 aliphatic carbocycles. The van der Waals surface area contributed by atoms with Crippen molar-refractivity contribution in [1.29, 1.82) is 0 Å². The predicted octanol–water partition coefficient (Wildman–Crippen LogP) is 3.14. The number of hydrogen-bond acceptors (Lipinski definition) is 2. The fraction of sp³-hybridized carbons (Fsp3) is 0.391. The lowest BCUT2D eigenvalue weighted by atomic mass is 9.95. The number of nitrogens with one attached hydrogen (secondary N) is 1. The summed E-state index contributed by atoms with van der Waals surface area (Å²) in [5.74, 6) is 0.294. The lowest BCUT2D eigenvalue weighted by Gasteiger charge is -2.31. The second kappa shape index (κ2) is 9.36. The third-order valence-electron chi connectivity index (χ3n) is 5.25. The molecule has 2 aromatic rings. The van der Waals surface area contributed by atoms with E-state index < -0.39 is 0 Å². The zero-order chi connectivity index (χ0) is 19.1. The molecule has 1 saturated heterocycles. The molecule has 27 heavy (non-hydrogen) atoms. The summed E-state index contributed by atoms with van der Waals surface area (Å²) in [4.78, 5) is 26.8. The summed E-state index contributed by atoms with van der Waals surface area (Å²) in [6.45, 7) is 4.04. The molecular weight excluding hydrogens is 336 g/mol. The largest absolute Gasteiger partial charge is 0.356 e. The Balaban J connectivity index is 1.39. The van der Waals surface area contributed by atoms with Gasteiger partial charge in [-0.3, -0.25) is 9.59 Å². The van der Waals surface area contributed by atoms with Crippen molar-refractivity contribution in [1.82, 2.24) is 10.2 Å². The van der Waals surface area contributed by atoms with Gasteiger partial charge in [0.25, 0.3) is 0 Å². The van der Waals surface area contributed by atoms with Gasteiger partial charge < -0.3 is 10.2 Å². The summed E-state index contributed by atoms with van der Waals surface area (Å²) in [5.41, 5.74) is 3.48. The summed E-state index contributed by atoms with van der Waals surface area (Å²) in [7, 11) is 0. The second-order valence-electron chi connectivity index (χ2n) is 7.34. The quantitative estimate of drug-likeness (QED) is 0.856. The van der Waals surface area contributed by atoms with E-state index in [0.717, 1.165) is 24.8 Å². The first kappa shape index (κ1) is 19.2. The van der Waals surface area contributed by atoms with Crippen LogP contribution in [0.5, 0.6) is 0 Å². The highest BCUT2D eigenvalue weighted by molar-refractivity contribution is 5.81. The molecule has 0 radical (unpaired) electrons. The van der Waals surface area contributed by atoms with Gasteiger partial charge in [-0.2, -0.15) is 0 Å². The molecule has 0 bridgehead atoms. The van der Waals surface area contributed by atoms with E-state index >= 15 is 0 Å². The molecule has 0 aromatic heterocycles. The van der Waals surface area contributed by atoms with Gasteiger partial charge in [0.05, 0.1) is 6.42 Å². The molecule has 2 amide bonds. The number of benzene rings is 2. The average molecular weight is 364 g/mol. The lowest BCUT2D eigenvalue weighted by molar-refractivity contribution is -0.135. The number of piperidine rings is 1. The van der Waals surface area contributed by atoms with Gasteiger partial charge in [0.1, 0.15) is 0 Å². The van der Waals surface area contributed by atoms with Gasteiger partial charge >= 0.3 is 0 Å². The minimum Gasteiger partial charge on any atom is -0.356 e. The van der Waals surface area contributed by atoms with Crippen LogP contribution < -0.4 is 5.32 Å². The van der Waals surface area contributed by atoms with E-state index in [1.54, 1.807) is 0 Å². The molecule has 4 heteroatoms. The third-order valence-corrected chi connectivity index (χ3v) is 5.25. The molecule has 3 rings (SSSR count). The summed E-state index contributed by atoms with van der Waals surface area (Å²) >= 11 is 0. The molecule has 1 N–H and O–H groups in total. The smallest absolute Gasteiger partial charge is 0.226 e. The normalized spacial score (nSPS) is 14.8. The summed E-state index contributed by atoms with van der Waals surface area (Å²) < 4.78 is 0. The van der Waals surface area contributed by atoms with Crippen LogP contribution in [-0.4, -0.2) is 36.3 Å². The van der Waals surface area contributed by atoms with Crippen LogP contribution in [0, 0.1) is 12.8 Å². The van der Waals surface area contributed by atoms with Gasteiger partial charge in [-0.1, -0.05) is 60.2 Å². The maximum atomic E-state index is 12.5. The van der Waals surface area contributed by atoms with E-state index in [9.17, 15) is 9.59 Å². The number of carbonyl (C=O) groups excluding carboxylic acids is 2. The van der Waals surface area contributed by atoms with Crippen LogP contribution >= 0.6 is 0 Å². The Kier molecular flexibility index (Phi) is 6.64. The van der Waals surface area contributed by atoms with E-state index in [1.165, 1.54) is 11.1 Å². The molecule has 0 spiro atoms. The molecule has 1 aliphatic heterocycles. The van der Waals surface area contributed by atoms with Gasteiger partial charge in [-0.15, -0.1) is 0 Å². The fourth-order valence-corrected chi connectivity index (χ4v) is 3.50. The van der Waals surface area contributed by atoms with Crippen LogP contribution in [0.3, 0.4) is 0 Å². The molecule has 4 nitrogen and oxygen atoms in total. The van der Waals surface area contributed by atoms with Crippen LogP contribution in [0.25, 0.3) is 0 Å². The van der Waals surface area contributed by atoms with E-state index in [2.05, 4.69) is 17.4 Å². The highest BCUT2D eigenvalue weighted by Crippen LogP contribution is 2.18. The van der Waals surface area contributed by atoms with Crippen molar-refractivity contribution in [2.75, 3.05) is 19.6 Å². The standard InChI is InChI=1S/C23H28N2O2/c1-18-7-9-20(10-8-18)17-22(26)25-15-12-21(13-16-25)23(27)24-14-11-19-5-3-2-4-6-19/h2-10,21H,11-17H2,1H3,(H,24,27). The van der Waals surface area contributed by atoms with Gasteiger partial charge in [0.15, 0.2) is 0 Å². The Morgan fingerprint density at radius 1 is 0.963 bits per heavy atom. The maximum absolute atomic E-state index is 12.5. The molecule has 1 fully saturated rings. The minimum atomic E-state index is 0.0178. The SMILES string of the molecule is Cc1ccc(CC(=O)N2CCC(C(=O)NCCc3ccccc3)CC2)cc1. The number of amides is 2. The van der Waals surface area contributed by atoms with Crippen molar-refractivity contribution in [3.63, 3.8) is 0 Å². The third kappa shape index (κ3) is 5.68. The Bertz CT molecular complexity index is 748. The Hall–Kier alpha value is -2.62. The summed E-state index contributed by atoms with van der Waals surface area (Å²) in [6, 6.07) is 18.3. The highest BCUT2D eigenvalue weighted by atomic mass is 16.2. The minimum absolute atomic E-state index is 0.0178. The van der Waals surface area contributed by atoms with Gasteiger partial charge in [-0.25, -0.2) is 0 Å². The maximum Gasteiger partial charge on any atom is 0.226 e. The summed E-state index contributed by atoms with van der Waals surface area (Å²) in [6.07, 6.45) is 2.78. The second-order valence-corrected chi connectivity index (χ2v) is 7.34. The zero-order valence-corrected chi connectivity index (χ0v) is 16.0. The van der Waals surface area contributed by atoms with Crippen molar-refractivity contribution in [3.8, 4) is 0 Å². The topological polar surface area (TPSA) is 49.4 Å². The number of hydrogen-bond donors (Lipinski definition) is 1. The zero-order valence-electron chi connectivity index (χ0n) is 16.0. The number of likely N-dealkylation sites (tertiary alicyclic amines) is 1. The van der Waals surface area contributed by atoms with Crippen LogP contribution in [-0.2, 0) is 22.4 Å². The van der Waals surface area contributed by atoms with Gasteiger partial charge in [0, 0.05) is 25.6 Å². The number of rotatable bonds is 6. The highest BCUT2D eigenvalue weighted by Gasteiger charge is 2.27. The van der Waals surface area contributed by atoms with Gasteiger partial charge in [-0.05, 0) is 37.3 Å². The predicted molar refractivity (Wildman–Crippen MR) is 107 cm³/mol. The summed E-state index contributed by atoms with van der Waals surface area (Å²) in [5, 5.41) is 3.05. The molecular formula is C23H28N2O2. The molecule has 142 valence electrons. The first-order chi connectivity index (χ1) is 13.1. The van der Waals surface area contributed by atoms with Crippen LogP contribution in [0.2, 0.25) is 0 Å². The van der Waals surface area contributed by atoms with Crippen molar-refractivity contribution in [2.45, 2.75) is 32.6 Å². The fourth-order valence-electron chi connectivity index (χ4n) is 3.50. The molecule has 1 aliphatic rings. The van der Waals surface area contributed by atoms with E-state index in [4.69, 9.17) is 0 Å². The van der Waals surface area contributed by atoms with Crippen molar-refractivity contribution in [3.05, 3.63) is 71.3 Å². The molecule has 0 unspecified atom stereocenters. The van der Waals surface area contributed by atoms with Crippen LogP contribution in [0.15, 0.2) is 54.6 Å². The monoisotopic (exact) mass is 364 g/mol. The number of nitrogens with zero attached hydrogens (tertiary/aromatic N) is 1. The van der Waals surface area contributed by atoms with Crippen molar-refractivity contribution >= 4 is 11.8 Å². The Labute approximate surface area is 161 Å².